The number of hydrogen-bond donors (Lipinski definition) is 0. The van der Waals surface area contributed by atoms with E-state index in [9.17, 15) is 9.59 Å². The van der Waals surface area contributed by atoms with Gasteiger partial charge in [0.05, 0.1) is 0 Å². The minimum Gasteiger partial charge on any atom is -0.372 e. The summed E-state index contributed by atoms with van der Waals surface area (Å²) >= 11 is 0. The van der Waals surface area contributed by atoms with Crippen LogP contribution >= 0.6 is 0 Å². The topological polar surface area (TPSA) is 43.9 Å². The average molecular weight is 331 g/mol. The molecule has 1 saturated heterocycles. The summed E-state index contributed by atoms with van der Waals surface area (Å²) in [6, 6.07) is 6.09. The molecule has 5 heteroatoms. The molecule has 1 aromatic carbocycles. The lowest BCUT2D eigenvalue weighted by Crippen LogP contribution is -2.41. The first-order valence-electron chi connectivity index (χ1n) is 8.89. The first-order valence-corrected chi connectivity index (χ1v) is 8.89. The number of carbonyl (C=O) groups excluding carboxylic acids is 2. The molecule has 0 spiro atoms. The van der Waals surface area contributed by atoms with E-state index in [0.717, 1.165) is 56.0 Å². The molecule has 1 heterocycles. The highest BCUT2D eigenvalue weighted by atomic mass is 16.2. The number of hydrogen-bond acceptors (Lipinski definition) is 3. The van der Waals surface area contributed by atoms with Gasteiger partial charge in [0.25, 0.3) is 0 Å². The van der Waals surface area contributed by atoms with Gasteiger partial charge in [0.1, 0.15) is 6.54 Å². The predicted octanol–water partition coefficient (Wildman–Crippen LogP) is 2.82. The zero-order valence-electron chi connectivity index (χ0n) is 15.3. The third-order valence-corrected chi connectivity index (χ3v) is 4.73. The SMILES string of the molecule is CCN(CC)c1ccc(N(CC(=O)N2CCCC2)C(C)=O)c(C)c1. The second kappa shape index (κ2) is 8.18. The van der Waals surface area contributed by atoms with Gasteiger partial charge in [0, 0.05) is 44.5 Å². The van der Waals surface area contributed by atoms with Crippen molar-refractivity contribution in [3.8, 4) is 0 Å². The molecule has 1 aliphatic rings. The molecule has 0 unspecified atom stereocenters. The summed E-state index contributed by atoms with van der Waals surface area (Å²) in [4.78, 5) is 30.3. The third kappa shape index (κ3) is 4.08. The largest absolute Gasteiger partial charge is 0.372 e. The first-order chi connectivity index (χ1) is 11.5. The minimum atomic E-state index is -0.0961. The van der Waals surface area contributed by atoms with E-state index in [4.69, 9.17) is 0 Å². The molecule has 24 heavy (non-hydrogen) atoms. The summed E-state index contributed by atoms with van der Waals surface area (Å²) < 4.78 is 0. The van der Waals surface area contributed by atoms with E-state index in [1.54, 1.807) is 4.90 Å². The zero-order chi connectivity index (χ0) is 17.7. The quantitative estimate of drug-likeness (QED) is 0.805. The lowest BCUT2D eigenvalue weighted by molar-refractivity contribution is -0.130. The van der Waals surface area contributed by atoms with Gasteiger partial charge in [-0.25, -0.2) is 0 Å². The molecule has 0 bridgehead atoms. The molecule has 1 aromatic rings. The van der Waals surface area contributed by atoms with E-state index in [2.05, 4.69) is 24.8 Å². The maximum atomic E-state index is 12.4. The second-order valence-corrected chi connectivity index (χ2v) is 6.34. The Morgan fingerprint density at radius 2 is 1.75 bits per heavy atom. The van der Waals surface area contributed by atoms with Crippen molar-refractivity contribution in [1.82, 2.24) is 4.90 Å². The Bertz CT molecular complexity index is 590. The number of rotatable bonds is 6. The minimum absolute atomic E-state index is 0.0370. The van der Waals surface area contributed by atoms with Crippen molar-refractivity contribution in [3.63, 3.8) is 0 Å². The molecule has 132 valence electrons. The molecule has 0 aliphatic carbocycles. The Kier molecular flexibility index (Phi) is 6.23. The van der Waals surface area contributed by atoms with E-state index in [0.29, 0.717) is 0 Å². The molecule has 0 atom stereocenters. The van der Waals surface area contributed by atoms with Crippen LogP contribution in [0.15, 0.2) is 18.2 Å². The summed E-state index contributed by atoms with van der Waals surface area (Å²) in [7, 11) is 0. The Balaban J connectivity index is 2.21. The van der Waals surface area contributed by atoms with E-state index in [1.165, 1.54) is 6.92 Å². The molecule has 0 radical (unpaired) electrons. The molecule has 1 aliphatic heterocycles. The molecule has 0 N–H and O–H groups in total. The summed E-state index contributed by atoms with van der Waals surface area (Å²) in [6.45, 7) is 11.4. The number of carbonyl (C=O) groups is 2. The van der Waals surface area contributed by atoms with Gasteiger partial charge in [-0.05, 0) is 57.4 Å². The number of benzene rings is 1. The Morgan fingerprint density at radius 3 is 2.25 bits per heavy atom. The van der Waals surface area contributed by atoms with Gasteiger partial charge in [-0.15, -0.1) is 0 Å². The first kappa shape index (κ1) is 18.3. The average Bonchev–Trinajstić information content (AvgIpc) is 3.08. The number of anilines is 2. The summed E-state index contributed by atoms with van der Waals surface area (Å²) in [5.74, 6) is -0.0591. The molecule has 2 rings (SSSR count). The zero-order valence-corrected chi connectivity index (χ0v) is 15.3. The molecular formula is C19H29N3O2. The van der Waals surface area contributed by atoms with E-state index < -0.39 is 0 Å². The fraction of sp³-hybridized carbons (Fsp3) is 0.579. The highest BCUT2D eigenvalue weighted by molar-refractivity contribution is 5.98. The van der Waals surface area contributed by atoms with Gasteiger partial charge in [-0.3, -0.25) is 9.59 Å². The Labute approximate surface area is 145 Å². The van der Waals surface area contributed by atoms with Crippen LogP contribution in [0.1, 0.15) is 39.2 Å². The van der Waals surface area contributed by atoms with Crippen molar-refractivity contribution in [2.45, 2.75) is 40.5 Å². The van der Waals surface area contributed by atoms with Crippen LogP contribution in [0.2, 0.25) is 0 Å². The molecular weight excluding hydrogens is 302 g/mol. The highest BCUT2D eigenvalue weighted by Gasteiger charge is 2.23. The van der Waals surface area contributed by atoms with E-state index in [-0.39, 0.29) is 18.4 Å². The predicted molar refractivity (Wildman–Crippen MR) is 98.6 cm³/mol. The van der Waals surface area contributed by atoms with Gasteiger partial charge < -0.3 is 14.7 Å². The molecule has 5 nitrogen and oxygen atoms in total. The third-order valence-electron chi connectivity index (χ3n) is 4.73. The molecule has 0 saturated carbocycles. The van der Waals surface area contributed by atoms with Gasteiger partial charge in [0.15, 0.2) is 0 Å². The van der Waals surface area contributed by atoms with Crippen molar-refractivity contribution in [2.24, 2.45) is 0 Å². The normalized spacial score (nSPS) is 13.9. The molecule has 1 fully saturated rings. The molecule has 2 amide bonds. The van der Waals surface area contributed by atoms with Gasteiger partial charge >= 0.3 is 0 Å². The Morgan fingerprint density at radius 1 is 1.12 bits per heavy atom. The van der Waals surface area contributed by atoms with E-state index >= 15 is 0 Å². The fourth-order valence-electron chi connectivity index (χ4n) is 3.30. The van der Waals surface area contributed by atoms with Crippen molar-refractivity contribution in [1.29, 1.82) is 0 Å². The van der Waals surface area contributed by atoms with Crippen LogP contribution in [0.3, 0.4) is 0 Å². The van der Waals surface area contributed by atoms with Gasteiger partial charge in [-0.2, -0.15) is 0 Å². The lowest BCUT2D eigenvalue weighted by Gasteiger charge is -2.27. The summed E-state index contributed by atoms with van der Waals surface area (Å²) in [6.07, 6.45) is 2.12. The monoisotopic (exact) mass is 331 g/mol. The Hall–Kier alpha value is -2.04. The van der Waals surface area contributed by atoms with Crippen LogP contribution in [0.5, 0.6) is 0 Å². The fourth-order valence-corrected chi connectivity index (χ4v) is 3.30. The van der Waals surface area contributed by atoms with Crippen molar-refractivity contribution >= 4 is 23.2 Å². The lowest BCUT2D eigenvalue weighted by atomic mass is 10.1. The summed E-state index contributed by atoms with van der Waals surface area (Å²) in [5.41, 5.74) is 2.99. The van der Waals surface area contributed by atoms with Crippen molar-refractivity contribution < 1.29 is 9.59 Å². The van der Waals surface area contributed by atoms with Crippen LogP contribution in [-0.2, 0) is 9.59 Å². The number of likely N-dealkylation sites (tertiary alicyclic amines) is 1. The number of nitrogens with zero attached hydrogens (tertiary/aromatic N) is 3. The maximum absolute atomic E-state index is 12.4. The number of aryl methyl sites for hydroxylation is 1. The smallest absolute Gasteiger partial charge is 0.242 e. The van der Waals surface area contributed by atoms with Crippen molar-refractivity contribution in [3.05, 3.63) is 23.8 Å². The standard InChI is InChI=1S/C19H29N3O2/c1-5-20(6-2)17-9-10-18(15(3)13-17)22(16(4)23)14-19(24)21-11-7-8-12-21/h9-10,13H,5-8,11-12,14H2,1-4H3. The number of amides is 2. The maximum Gasteiger partial charge on any atom is 0.242 e. The van der Waals surface area contributed by atoms with Gasteiger partial charge in [0.2, 0.25) is 11.8 Å². The van der Waals surface area contributed by atoms with Crippen LogP contribution in [0.4, 0.5) is 11.4 Å². The molecule has 0 aromatic heterocycles. The van der Waals surface area contributed by atoms with Gasteiger partial charge in [-0.1, -0.05) is 0 Å². The highest BCUT2D eigenvalue weighted by Crippen LogP contribution is 2.26. The summed E-state index contributed by atoms with van der Waals surface area (Å²) in [5, 5.41) is 0. The second-order valence-electron chi connectivity index (χ2n) is 6.34. The van der Waals surface area contributed by atoms with Crippen LogP contribution in [-0.4, -0.2) is 49.4 Å². The van der Waals surface area contributed by atoms with E-state index in [1.807, 2.05) is 24.0 Å². The van der Waals surface area contributed by atoms with Crippen LogP contribution < -0.4 is 9.80 Å². The van der Waals surface area contributed by atoms with Crippen molar-refractivity contribution in [2.75, 3.05) is 42.5 Å². The van der Waals surface area contributed by atoms with Crippen LogP contribution in [0, 0.1) is 6.92 Å². The van der Waals surface area contributed by atoms with Crippen LogP contribution in [0.25, 0.3) is 0 Å².